The maximum Gasteiger partial charge on any atom is 0.170 e. The van der Waals surface area contributed by atoms with Gasteiger partial charge in [0.05, 0.1) is 18.7 Å². The largest absolute Gasteiger partial charge is 0.496 e. The van der Waals surface area contributed by atoms with Gasteiger partial charge in [-0.05, 0) is 67.9 Å². The second kappa shape index (κ2) is 8.32. The Labute approximate surface area is 188 Å². The highest BCUT2D eigenvalue weighted by Crippen LogP contribution is 2.49. The molecule has 0 N–H and O–H groups in total. The summed E-state index contributed by atoms with van der Waals surface area (Å²) in [6.45, 7) is 5.74. The van der Waals surface area contributed by atoms with Crippen LogP contribution in [0.3, 0.4) is 0 Å². The normalized spacial score (nSPS) is 19.2. The van der Waals surface area contributed by atoms with Gasteiger partial charge in [0.25, 0.3) is 0 Å². The van der Waals surface area contributed by atoms with Gasteiger partial charge in [-0.3, -0.25) is 0 Å². The second-order valence-corrected chi connectivity index (χ2v) is 8.84. The topological polar surface area (TPSA) is 47.5 Å². The average molecular weight is 435 g/mol. The minimum atomic E-state index is -1.38. The van der Waals surface area contributed by atoms with E-state index >= 15 is 0 Å². The van der Waals surface area contributed by atoms with E-state index < -0.39 is 5.67 Å². The van der Waals surface area contributed by atoms with Crippen LogP contribution in [-0.2, 0) is 10.4 Å². The van der Waals surface area contributed by atoms with Crippen molar-refractivity contribution in [3.8, 4) is 5.75 Å². The first-order valence-electron chi connectivity index (χ1n) is 11.3. The zero-order chi connectivity index (χ0) is 22.3. The van der Waals surface area contributed by atoms with Crippen LogP contribution in [0.1, 0.15) is 54.7 Å². The number of halogens is 1. The fraction of sp³-hybridized carbons (Fsp3) is 0.423. The summed E-state index contributed by atoms with van der Waals surface area (Å²) >= 11 is 0. The predicted octanol–water partition coefficient (Wildman–Crippen LogP) is 5.50. The Hall–Kier alpha value is -2.73. The maximum atomic E-state index is 14.9. The number of rotatable bonds is 6. The molecule has 5 nitrogen and oxygen atoms in total. The van der Waals surface area contributed by atoms with Crippen LogP contribution in [0.25, 0.3) is 10.9 Å². The van der Waals surface area contributed by atoms with E-state index in [4.69, 9.17) is 14.5 Å². The van der Waals surface area contributed by atoms with Crippen molar-refractivity contribution in [3.05, 3.63) is 66.3 Å². The van der Waals surface area contributed by atoms with Gasteiger partial charge >= 0.3 is 0 Å². The fourth-order valence-corrected chi connectivity index (χ4v) is 4.65. The zero-order valence-corrected chi connectivity index (χ0v) is 18.7. The molecule has 6 heteroatoms. The first-order valence-corrected chi connectivity index (χ1v) is 11.3. The van der Waals surface area contributed by atoms with Crippen LogP contribution in [0, 0.1) is 6.92 Å². The smallest absolute Gasteiger partial charge is 0.170 e. The summed E-state index contributed by atoms with van der Waals surface area (Å²) < 4.78 is 25.9. The molecular weight excluding hydrogens is 405 g/mol. The van der Waals surface area contributed by atoms with E-state index in [0.29, 0.717) is 24.6 Å². The van der Waals surface area contributed by atoms with Crippen LogP contribution in [0.15, 0.2) is 42.5 Å². The van der Waals surface area contributed by atoms with Gasteiger partial charge in [-0.15, -0.1) is 0 Å². The molecule has 1 radical (unpaired) electrons. The van der Waals surface area contributed by atoms with Gasteiger partial charge in [0.15, 0.2) is 11.5 Å². The van der Waals surface area contributed by atoms with Crippen LogP contribution in [0.4, 0.5) is 10.2 Å². The number of aromatic nitrogens is 2. The molecule has 1 atom stereocenters. The number of fused-ring (bicyclic) bond motifs is 1. The molecule has 1 unspecified atom stereocenters. The molecule has 0 spiro atoms. The fourth-order valence-electron chi connectivity index (χ4n) is 4.65. The minimum Gasteiger partial charge on any atom is -0.496 e. The number of methoxy groups -OCH3 is 2. The Morgan fingerprint density at radius 3 is 2.53 bits per heavy atom. The Kier molecular flexibility index (Phi) is 5.49. The number of piperidine rings is 1. The van der Waals surface area contributed by atoms with Gasteiger partial charge < -0.3 is 14.4 Å². The summed E-state index contributed by atoms with van der Waals surface area (Å²) in [4.78, 5) is 11.6. The van der Waals surface area contributed by atoms with Crippen molar-refractivity contribution in [3.63, 3.8) is 0 Å². The third-order valence-electron chi connectivity index (χ3n) is 6.82. The molecule has 2 fully saturated rings. The molecule has 5 rings (SSSR count). The highest BCUT2D eigenvalue weighted by atomic mass is 19.1. The summed E-state index contributed by atoms with van der Waals surface area (Å²) in [6, 6.07) is 14.2. The Balaban J connectivity index is 1.48. The second-order valence-electron chi connectivity index (χ2n) is 8.84. The molecule has 2 heterocycles. The van der Waals surface area contributed by atoms with Crippen LogP contribution in [0.5, 0.6) is 5.75 Å². The Morgan fingerprint density at radius 2 is 1.84 bits per heavy atom. The molecule has 2 aliphatic rings. The molecule has 1 saturated heterocycles. The molecule has 3 aromatic rings. The molecule has 1 saturated carbocycles. The van der Waals surface area contributed by atoms with Crippen molar-refractivity contribution in [2.24, 2.45) is 0 Å². The van der Waals surface area contributed by atoms with Crippen molar-refractivity contribution in [1.82, 2.24) is 9.97 Å². The molecule has 0 amide bonds. The first kappa shape index (κ1) is 21.1. The summed E-state index contributed by atoms with van der Waals surface area (Å²) in [5, 5.41) is 0.928. The molecule has 1 aromatic heterocycles. The number of benzene rings is 2. The molecule has 32 heavy (non-hydrogen) atoms. The van der Waals surface area contributed by atoms with Gasteiger partial charge in [0.1, 0.15) is 11.6 Å². The summed E-state index contributed by atoms with van der Waals surface area (Å²) in [7, 11) is 3.37. The standard InChI is InChI=1S/C26H29FN3O2/c1-17(31-2)19-8-9-22-21(16-19)24(29-25(28-22)26(27)12-13-26)30-14-10-18(11-15-30)20-6-4-5-7-23(20)32-3/h4-9,16-18H,1,10-15H2,2-3H3. The van der Waals surface area contributed by atoms with E-state index in [1.165, 1.54) is 5.56 Å². The van der Waals surface area contributed by atoms with Gasteiger partial charge in [0, 0.05) is 25.6 Å². The number of hydrogen-bond acceptors (Lipinski definition) is 5. The zero-order valence-electron chi connectivity index (χ0n) is 18.7. The number of para-hydroxylation sites is 1. The van der Waals surface area contributed by atoms with Crippen molar-refractivity contribution >= 4 is 16.7 Å². The lowest BCUT2D eigenvalue weighted by Gasteiger charge is -2.34. The van der Waals surface area contributed by atoms with Crippen LogP contribution >= 0.6 is 0 Å². The third-order valence-corrected chi connectivity index (χ3v) is 6.82. The molecule has 167 valence electrons. The molecule has 1 aliphatic heterocycles. The summed E-state index contributed by atoms with van der Waals surface area (Å²) in [6.07, 6.45) is 2.68. The minimum absolute atomic E-state index is 0.279. The van der Waals surface area contributed by atoms with E-state index in [2.05, 4.69) is 28.9 Å². The van der Waals surface area contributed by atoms with Crippen molar-refractivity contribution in [2.75, 3.05) is 32.2 Å². The van der Waals surface area contributed by atoms with E-state index in [-0.39, 0.29) is 6.10 Å². The predicted molar refractivity (Wildman–Crippen MR) is 124 cm³/mol. The number of hydrogen-bond donors (Lipinski definition) is 0. The van der Waals surface area contributed by atoms with E-state index in [9.17, 15) is 4.39 Å². The highest BCUT2D eigenvalue weighted by molar-refractivity contribution is 5.90. The first-order chi connectivity index (χ1) is 15.5. The lowest BCUT2D eigenvalue weighted by Crippen LogP contribution is -2.34. The maximum absolute atomic E-state index is 14.9. The van der Waals surface area contributed by atoms with Crippen LogP contribution < -0.4 is 9.64 Å². The van der Waals surface area contributed by atoms with E-state index in [0.717, 1.165) is 54.0 Å². The monoisotopic (exact) mass is 434 g/mol. The van der Waals surface area contributed by atoms with Crippen LogP contribution in [0.2, 0.25) is 0 Å². The molecule has 0 bridgehead atoms. The molecule has 1 aliphatic carbocycles. The van der Waals surface area contributed by atoms with Crippen molar-refractivity contribution in [1.29, 1.82) is 0 Å². The molecular formula is C26H29FN3O2. The molecule has 2 aromatic carbocycles. The quantitative estimate of drug-likeness (QED) is 0.512. The third kappa shape index (κ3) is 3.81. The van der Waals surface area contributed by atoms with E-state index in [1.807, 2.05) is 30.3 Å². The number of anilines is 1. The number of ether oxygens (including phenoxy) is 2. The average Bonchev–Trinajstić information content (AvgIpc) is 3.61. The Morgan fingerprint density at radius 1 is 1.09 bits per heavy atom. The number of nitrogens with zero attached hydrogens (tertiary/aromatic N) is 3. The SMILES string of the molecule is [CH2]C(OC)c1ccc2nc(C3(F)CC3)nc(N3CCC(c4ccccc4OC)CC3)c2c1. The Bertz CT molecular complexity index is 1120. The van der Waals surface area contributed by atoms with Gasteiger partial charge in [-0.25, -0.2) is 14.4 Å². The summed E-state index contributed by atoms with van der Waals surface area (Å²) in [5.74, 6) is 2.51. The summed E-state index contributed by atoms with van der Waals surface area (Å²) in [5.41, 5.74) is 1.61. The van der Waals surface area contributed by atoms with Crippen molar-refractivity contribution in [2.45, 2.75) is 43.4 Å². The van der Waals surface area contributed by atoms with Gasteiger partial charge in [-0.1, -0.05) is 24.3 Å². The number of alkyl halides is 1. The lowest BCUT2D eigenvalue weighted by atomic mass is 9.88. The van der Waals surface area contributed by atoms with Crippen molar-refractivity contribution < 1.29 is 13.9 Å². The van der Waals surface area contributed by atoms with E-state index in [1.54, 1.807) is 14.2 Å². The highest BCUT2D eigenvalue weighted by Gasteiger charge is 2.48. The lowest BCUT2D eigenvalue weighted by molar-refractivity contribution is 0.140. The van der Waals surface area contributed by atoms with Gasteiger partial charge in [0.2, 0.25) is 0 Å². The van der Waals surface area contributed by atoms with Gasteiger partial charge in [-0.2, -0.15) is 0 Å². The van der Waals surface area contributed by atoms with Crippen LogP contribution in [-0.4, -0.2) is 37.3 Å².